The highest BCUT2D eigenvalue weighted by molar-refractivity contribution is 7.99. The average Bonchev–Trinajstić information content (AvgIpc) is 3.22. The predicted octanol–water partition coefficient (Wildman–Crippen LogP) is 3.59. The zero-order chi connectivity index (χ0) is 16.1. The summed E-state index contributed by atoms with van der Waals surface area (Å²) in [5.41, 5.74) is 0.601. The van der Waals surface area contributed by atoms with Gasteiger partial charge in [-0.2, -0.15) is 5.26 Å². The second kappa shape index (κ2) is 7.31. The van der Waals surface area contributed by atoms with E-state index >= 15 is 0 Å². The molecule has 0 atom stereocenters. The Morgan fingerprint density at radius 3 is 3.00 bits per heavy atom. The van der Waals surface area contributed by atoms with Crippen LogP contribution in [0.15, 0.2) is 46.9 Å². The highest BCUT2D eigenvalue weighted by Crippen LogP contribution is 2.26. The molecule has 116 valence electrons. The van der Waals surface area contributed by atoms with E-state index in [0.717, 1.165) is 21.6 Å². The van der Waals surface area contributed by atoms with Crippen LogP contribution in [0.25, 0.3) is 10.7 Å². The number of aromatic nitrogens is 3. The number of hydrogen-bond acceptors (Lipinski definition) is 6. The van der Waals surface area contributed by atoms with Gasteiger partial charge >= 0.3 is 0 Å². The maximum Gasteiger partial charge on any atom is 0.191 e. The Morgan fingerprint density at radius 2 is 2.22 bits per heavy atom. The summed E-state index contributed by atoms with van der Waals surface area (Å²) in [5.74, 6) is 2.35. The fourth-order valence-electron chi connectivity index (χ4n) is 2.01. The summed E-state index contributed by atoms with van der Waals surface area (Å²) in [4.78, 5) is 1.11. The highest BCUT2D eigenvalue weighted by atomic mass is 32.2. The van der Waals surface area contributed by atoms with E-state index in [1.165, 1.54) is 0 Å². The minimum absolute atomic E-state index is 0.542. The first-order chi connectivity index (χ1) is 11.3. The van der Waals surface area contributed by atoms with Crippen molar-refractivity contribution in [3.8, 4) is 22.5 Å². The molecule has 0 unspecified atom stereocenters. The molecular weight excluding hydrogens is 328 g/mol. The van der Waals surface area contributed by atoms with Gasteiger partial charge in [-0.05, 0) is 29.6 Å². The maximum atomic E-state index is 8.87. The summed E-state index contributed by atoms with van der Waals surface area (Å²) in [6.07, 6.45) is 0. The molecule has 0 saturated heterocycles. The number of ether oxygens (including phenoxy) is 1. The molecule has 3 rings (SSSR count). The van der Waals surface area contributed by atoms with Crippen LogP contribution in [0.4, 0.5) is 0 Å². The number of thioether (sulfide) groups is 1. The number of thiophene rings is 1. The van der Waals surface area contributed by atoms with Gasteiger partial charge in [-0.3, -0.25) is 0 Å². The molecule has 0 bridgehead atoms. The molecule has 2 heterocycles. The van der Waals surface area contributed by atoms with E-state index in [0.29, 0.717) is 17.9 Å². The lowest BCUT2D eigenvalue weighted by Gasteiger charge is -2.06. The van der Waals surface area contributed by atoms with E-state index in [1.807, 2.05) is 41.3 Å². The van der Waals surface area contributed by atoms with Gasteiger partial charge in [0.2, 0.25) is 0 Å². The maximum absolute atomic E-state index is 8.87. The third kappa shape index (κ3) is 3.73. The summed E-state index contributed by atoms with van der Waals surface area (Å²) in [6, 6.07) is 13.3. The molecule has 3 aromatic rings. The predicted molar refractivity (Wildman–Crippen MR) is 91.7 cm³/mol. The molecule has 7 heteroatoms. The Labute approximate surface area is 142 Å². The van der Waals surface area contributed by atoms with Gasteiger partial charge in [-0.15, -0.1) is 21.5 Å². The molecule has 0 amide bonds. The molecule has 0 aliphatic carbocycles. The quantitative estimate of drug-likeness (QED) is 0.506. The van der Waals surface area contributed by atoms with Crippen molar-refractivity contribution in [3.05, 3.63) is 47.3 Å². The second-order valence-electron chi connectivity index (χ2n) is 4.68. The molecule has 1 aromatic carbocycles. The molecule has 0 N–H and O–H groups in total. The van der Waals surface area contributed by atoms with E-state index in [-0.39, 0.29) is 0 Å². The lowest BCUT2D eigenvalue weighted by atomic mass is 10.2. The van der Waals surface area contributed by atoms with Crippen LogP contribution in [0.2, 0.25) is 0 Å². The monoisotopic (exact) mass is 342 g/mol. The summed E-state index contributed by atoms with van der Waals surface area (Å²) >= 11 is 3.25. The Kier molecular flexibility index (Phi) is 4.95. The third-order valence-corrected chi connectivity index (χ3v) is 4.97. The lowest BCUT2D eigenvalue weighted by molar-refractivity contribution is 0.343. The highest BCUT2D eigenvalue weighted by Gasteiger charge is 2.11. The molecule has 23 heavy (non-hydrogen) atoms. The average molecular weight is 342 g/mol. The largest absolute Gasteiger partial charge is 0.493 e. The van der Waals surface area contributed by atoms with Gasteiger partial charge in [0.25, 0.3) is 0 Å². The van der Waals surface area contributed by atoms with Gasteiger partial charge in [0, 0.05) is 12.8 Å². The van der Waals surface area contributed by atoms with Crippen LogP contribution in [0.5, 0.6) is 5.75 Å². The smallest absolute Gasteiger partial charge is 0.191 e. The normalized spacial score (nSPS) is 10.4. The van der Waals surface area contributed by atoms with Crippen molar-refractivity contribution in [2.45, 2.75) is 5.16 Å². The zero-order valence-corrected chi connectivity index (χ0v) is 14.1. The minimum Gasteiger partial charge on any atom is -0.493 e. The topological polar surface area (TPSA) is 63.7 Å². The molecule has 0 fully saturated rings. The van der Waals surface area contributed by atoms with Gasteiger partial charge in [-0.25, -0.2) is 0 Å². The number of benzene rings is 1. The molecule has 0 spiro atoms. The first-order valence-corrected chi connectivity index (χ1v) is 8.83. The van der Waals surface area contributed by atoms with Crippen LogP contribution < -0.4 is 4.74 Å². The fraction of sp³-hybridized carbons (Fsp3) is 0.188. The number of nitrogens with zero attached hydrogens (tertiary/aromatic N) is 4. The van der Waals surface area contributed by atoms with Crippen LogP contribution >= 0.6 is 23.1 Å². The van der Waals surface area contributed by atoms with Crippen molar-refractivity contribution >= 4 is 23.1 Å². The Balaban J connectivity index is 1.54. The van der Waals surface area contributed by atoms with E-state index < -0.39 is 0 Å². The standard InChI is InChI=1S/C16H14N4OS2/c1-20-15(14-6-3-8-22-14)18-19-16(20)23-9-7-21-13-5-2-4-12(10-13)11-17/h2-6,8,10H,7,9H2,1H3. The van der Waals surface area contributed by atoms with Crippen LogP contribution in [0.3, 0.4) is 0 Å². The van der Waals surface area contributed by atoms with E-state index in [9.17, 15) is 0 Å². The second-order valence-corrected chi connectivity index (χ2v) is 6.69. The van der Waals surface area contributed by atoms with E-state index in [4.69, 9.17) is 10.00 Å². The summed E-state index contributed by atoms with van der Waals surface area (Å²) in [6.45, 7) is 0.542. The van der Waals surface area contributed by atoms with Crippen LogP contribution in [0, 0.1) is 11.3 Å². The van der Waals surface area contributed by atoms with Crippen LogP contribution in [-0.2, 0) is 7.05 Å². The van der Waals surface area contributed by atoms with Crippen LogP contribution in [0.1, 0.15) is 5.56 Å². The van der Waals surface area contributed by atoms with Gasteiger partial charge in [0.15, 0.2) is 11.0 Å². The summed E-state index contributed by atoms with van der Waals surface area (Å²) in [5, 5.41) is 20.2. The summed E-state index contributed by atoms with van der Waals surface area (Å²) in [7, 11) is 1.97. The van der Waals surface area contributed by atoms with Gasteiger partial charge < -0.3 is 9.30 Å². The Bertz CT molecular complexity index is 821. The number of hydrogen-bond donors (Lipinski definition) is 0. The molecule has 2 aromatic heterocycles. The Morgan fingerprint density at radius 1 is 1.30 bits per heavy atom. The van der Waals surface area contributed by atoms with Gasteiger partial charge in [0.1, 0.15) is 5.75 Å². The van der Waals surface area contributed by atoms with Gasteiger partial charge in [-0.1, -0.05) is 23.9 Å². The molecule has 0 aliphatic heterocycles. The van der Waals surface area contributed by atoms with Crippen molar-refractivity contribution in [2.24, 2.45) is 7.05 Å². The molecule has 5 nitrogen and oxygen atoms in total. The zero-order valence-electron chi connectivity index (χ0n) is 12.5. The molecular formula is C16H14N4OS2. The number of nitriles is 1. The van der Waals surface area contributed by atoms with Crippen LogP contribution in [-0.4, -0.2) is 27.1 Å². The molecule has 0 radical (unpaired) electrons. The van der Waals surface area contributed by atoms with Crippen molar-refractivity contribution in [3.63, 3.8) is 0 Å². The molecule has 0 saturated carbocycles. The van der Waals surface area contributed by atoms with E-state index in [1.54, 1.807) is 35.2 Å². The number of rotatable bonds is 6. The minimum atomic E-state index is 0.542. The fourth-order valence-corrected chi connectivity index (χ4v) is 3.48. The van der Waals surface area contributed by atoms with Crippen molar-refractivity contribution in [1.82, 2.24) is 14.8 Å². The molecule has 0 aliphatic rings. The first kappa shape index (κ1) is 15.6. The summed E-state index contributed by atoms with van der Waals surface area (Å²) < 4.78 is 7.65. The third-order valence-electron chi connectivity index (χ3n) is 3.12. The first-order valence-electron chi connectivity index (χ1n) is 6.97. The van der Waals surface area contributed by atoms with Gasteiger partial charge in [0.05, 0.1) is 23.1 Å². The van der Waals surface area contributed by atoms with Crippen molar-refractivity contribution in [1.29, 1.82) is 5.26 Å². The lowest BCUT2D eigenvalue weighted by Crippen LogP contribution is -2.02. The van der Waals surface area contributed by atoms with Crippen molar-refractivity contribution in [2.75, 3.05) is 12.4 Å². The SMILES string of the molecule is Cn1c(SCCOc2cccc(C#N)c2)nnc1-c1cccs1. The van der Waals surface area contributed by atoms with E-state index in [2.05, 4.69) is 16.3 Å². The van der Waals surface area contributed by atoms with Crippen molar-refractivity contribution < 1.29 is 4.74 Å². The Hall–Kier alpha value is -2.30.